The summed E-state index contributed by atoms with van der Waals surface area (Å²) in [5, 5.41) is 3.35. The number of nitrogens with one attached hydrogen (secondary N) is 1. The minimum atomic E-state index is -0.161. The smallest absolute Gasteiger partial charge is 0.228 e. The molecule has 1 heterocycles. The normalized spacial score (nSPS) is 17.8. The molecular weight excluding hydrogens is 316 g/mol. The molecule has 0 spiro atoms. The van der Waals surface area contributed by atoms with E-state index in [2.05, 4.69) is 40.3 Å². The van der Waals surface area contributed by atoms with Crippen LogP contribution in [0.15, 0.2) is 28.7 Å². The van der Waals surface area contributed by atoms with Crippen molar-refractivity contribution in [3.63, 3.8) is 0 Å². The van der Waals surface area contributed by atoms with Crippen molar-refractivity contribution in [2.75, 3.05) is 20.1 Å². The highest BCUT2D eigenvalue weighted by molar-refractivity contribution is 9.10. The maximum absolute atomic E-state index is 12.8. The van der Waals surface area contributed by atoms with Gasteiger partial charge in [-0.3, -0.25) is 4.79 Å². The Morgan fingerprint density at radius 1 is 1.40 bits per heavy atom. The molecule has 20 heavy (non-hydrogen) atoms. The van der Waals surface area contributed by atoms with Gasteiger partial charge >= 0.3 is 0 Å². The van der Waals surface area contributed by atoms with Crippen LogP contribution in [0.25, 0.3) is 0 Å². The second kappa shape index (κ2) is 6.72. The Kier molecular flexibility index (Phi) is 5.22. The second-order valence-electron chi connectivity index (χ2n) is 5.68. The fourth-order valence-corrected chi connectivity index (χ4v) is 3.46. The van der Waals surface area contributed by atoms with Crippen LogP contribution in [-0.2, 0) is 11.3 Å². The van der Waals surface area contributed by atoms with Gasteiger partial charge < -0.3 is 10.2 Å². The van der Waals surface area contributed by atoms with Gasteiger partial charge in [-0.15, -0.1) is 0 Å². The van der Waals surface area contributed by atoms with Crippen LogP contribution in [0.2, 0.25) is 0 Å². The summed E-state index contributed by atoms with van der Waals surface area (Å²) in [4.78, 5) is 14.7. The van der Waals surface area contributed by atoms with Gasteiger partial charge in [0.2, 0.25) is 5.91 Å². The van der Waals surface area contributed by atoms with Crippen molar-refractivity contribution in [3.8, 4) is 0 Å². The topological polar surface area (TPSA) is 32.3 Å². The lowest BCUT2D eigenvalue weighted by molar-refractivity contribution is -0.143. The Labute approximate surface area is 129 Å². The molecule has 0 saturated carbocycles. The van der Waals surface area contributed by atoms with Crippen molar-refractivity contribution in [2.45, 2.75) is 32.7 Å². The average molecular weight is 339 g/mol. The summed E-state index contributed by atoms with van der Waals surface area (Å²) in [6, 6.07) is 8.16. The Balaban J connectivity index is 2.07. The van der Waals surface area contributed by atoms with Crippen molar-refractivity contribution in [2.24, 2.45) is 5.41 Å². The molecule has 1 aliphatic rings. The van der Waals surface area contributed by atoms with Crippen LogP contribution < -0.4 is 5.32 Å². The average Bonchev–Trinajstić information content (AvgIpc) is 2.47. The lowest BCUT2D eigenvalue weighted by atomic mass is 9.75. The van der Waals surface area contributed by atoms with Crippen molar-refractivity contribution >= 4 is 21.8 Å². The van der Waals surface area contributed by atoms with Gasteiger partial charge in [0.25, 0.3) is 0 Å². The van der Waals surface area contributed by atoms with Crippen LogP contribution in [0.4, 0.5) is 0 Å². The van der Waals surface area contributed by atoms with Crippen LogP contribution in [0.5, 0.6) is 0 Å². The van der Waals surface area contributed by atoms with Crippen LogP contribution in [0.3, 0.4) is 0 Å². The number of amides is 1. The Morgan fingerprint density at radius 2 is 2.10 bits per heavy atom. The number of rotatable bonds is 4. The first-order valence-corrected chi connectivity index (χ1v) is 8.07. The number of carbonyl (C=O) groups is 1. The van der Waals surface area contributed by atoms with Gasteiger partial charge in [0.1, 0.15) is 0 Å². The zero-order chi connectivity index (χ0) is 14.6. The van der Waals surface area contributed by atoms with Gasteiger partial charge in [0.05, 0.1) is 5.41 Å². The number of hydrogen-bond acceptors (Lipinski definition) is 2. The number of hydrogen-bond donors (Lipinski definition) is 1. The highest BCUT2D eigenvalue weighted by Crippen LogP contribution is 2.34. The third-order valence-electron chi connectivity index (χ3n) is 4.35. The molecule has 4 heteroatoms. The highest BCUT2D eigenvalue weighted by Gasteiger charge is 2.39. The Morgan fingerprint density at radius 3 is 2.70 bits per heavy atom. The Bertz CT molecular complexity index is 469. The van der Waals surface area contributed by atoms with Crippen molar-refractivity contribution in [1.82, 2.24) is 10.2 Å². The first kappa shape index (κ1) is 15.5. The molecule has 1 fully saturated rings. The lowest BCUT2D eigenvalue weighted by Gasteiger charge is -2.38. The number of benzene rings is 1. The van der Waals surface area contributed by atoms with E-state index in [1.54, 1.807) is 0 Å². The molecule has 1 aliphatic heterocycles. The highest BCUT2D eigenvalue weighted by atomic mass is 79.9. The second-order valence-corrected chi connectivity index (χ2v) is 6.59. The molecule has 110 valence electrons. The standard InChI is InChI=1S/C16H23BrN2O/c1-3-16(7-9-18-10-8-16)15(20)19(2)12-13-5-4-6-14(17)11-13/h4-6,11,18H,3,7-10,12H2,1-2H3. The minimum Gasteiger partial charge on any atom is -0.341 e. The molecule has 1 amide bonds. The zero-order valence-corrected chi connectivity index (χ0v) is 13.9. The molecule has 3 nitrogen and oxygen atoms in total. The monoisotopic (exact) mass is 338 g/mol. The molecule has 2 rings (SSSR count). The van der Waals surface area contributed by atoms with E-state index < -0.39 is 0 Å². The van der Waals surface area contributed by atoms with Gasteiger partial charge in [-0.2, -0.15) is 0 Å². The van der Waals surface area contributed by atoms with Gasteiger partial charge in [-0.05, 0) is 50.0 Å². The summed E-state index contributed by atoms with van der Waals surface area (Å²) in [6.07, 6.45) is 2.83. The molecule has 1 aromatic rings. The molecular formula is C16H23BrN2O. The van der Waals surface area contributed by atoms with E-state index >= 15 is 0 Å². The van der Waals surface area contributed by atoms with E-state index in [0.29, 0.717) is 12.5 Å². The molecule has 0 bridgehead atoms. The van der Waals surface area contributed by atoms with Gasteiger partial charge in [-0.1, -0.05) is 35.0 Å². The lowest BCUT2D eigenvalue weighted by Crippen LogP contribution is -2.47. The molecule has 0 radical (unpaired) electrons. The quantitative estimate of drug-likeness (QED) is 0.914. The predicted octanol–water partition coefficient (Wildman–Crippen LogP) is 3.19. The van der Waals surface area contributed by atoms with E-state index in [1.165, 1.54) is 0 Å². The summed E-state index contributed by atoms with van der Waals surface area (Å²) in [5.41, 5.74) is 1.00. The van der Waals surface area contributed by atoms with Crippen molar-refractivity contribution < 1.29 is 4.79 Å². The van der Waals surface area contributed by atoms with E-state index in [0.717, 1.165) is 42.4 Å². The molecule has 0 atom stereocenters. The van der Waals surface area contributed by atoms with Crippen LogP contribution in [0.1, 0.15) is 31.7 Å². The Hall–Kier alpha value is -0.870. The van der Waals surface area contributed by atoms with Crippen LogP contribution in [-0.4, -0.2) is 30.9 Å². The third-order valence-corrected chi connectivity index (χ3v) is 4.84. The van der Waals surface area contributed by atoms with Crippen LogP contribution in [0, 0.1) is 5.41 Å². The summed E-state index contributed by atoms with van der Waals surface area (Å²) >= 11 is 3.48. The molecule has 1 aromatic carbocycles. The zero-order valence-electron chi connectivity index (χ0n) is 12.3. The van der Waals surface area contributed by atoms with E-state index in [-0.39, 0.29) is 5.41 Å². The molecule has 1 N–H and O–H groups in total. The fourth-order valence-electron chi connectivity index (χ4n) is 3.01. The largest absolute Gasteiger partial charge is 0.341 e. The first-order valence-electron chi connectivity index (χ1n) is 7.28. The fraction of sp³-hybridized carbons (Fsp3) is 0.562. The molecule has 1 saturated heterocycles. The SMILES string of the molecule is CCC1(C(=O)N(C)Cc2cccc(Br)c2)CCNCC1. The predicted molar refractivity (Wildman–Crippen MR) is 85.4 cm³/mol. The molecule has 0 aromatic heterocycles. The number of piperidine rings is 1. The summed E-state index contributed by atoms with van der Waals surface area (Å²) in [7, 11) is 1.92. The van der Waals surface area contributed by atoms with Gasteiger partial charge in [0.15, 0.2) is 0 Å². The number of carbonyl (C=O) groups excluding carboxylic acids is 1. The number of halogens is 1. The van der Waals surface area contributed by atoms with E-state index in [1.807, 2.05) is 24.1 Å². The van der Waals surface area contributed by atoms with E-state index in [4.69, 9.17) is 0 Å². The summed E-state index contributed by atoms with van der Waals surface area (Å²) in [6.45, 7) is 4.71. The van der Waals surface area contributed by atoms with Crippen molar-refractivity contribution in [1.29, 1.82) is 0 Å². The first-order chi connectivity index (χ1) is 9.57. The minimum absolute atomic E-state index is 0.161. The third kappa shape index (κ3) is 3.41. The van der Waals surface area contributed by atoms with Crippen LogP contribution >= 0.6 is 15.9 Å². The maximum atomic E-state index is 12.8. The van der Waals surface area contributed by atoms with Gasteiger partial charge in [-0.25, -0.2) is 0 Å². The van der Waals surface area contributed by atoms with Crippen molar-refractivity contribution in [3.05, 3.63) is 34.3 Å². The molecule has 0 aliphatic carbocycles. The molecule has 0 unspecified atom stereocenters. The summed E-state index contributed by atoms with van der Waals surface area (Å²) < 4.78 is 1.06. The van der Waals surface area contributed by atoms with Gasteiger partial charge in [0, 0.05) is 18.1 Å². The maximum Gasteiger partial charge on any atom is 0.228 e. The number of nitrogens with zero attached hydrogens (tertiary/aromatic N) is 1. The summed E-state index contributed by atoms with van der Waals surface area (Å²) in [5.74, 6) is 0.293. The van der Waals surface area contributed by atoms with E-state index in [9.17, 15) is 4.79 Å².